The van der Waals surface area contributed by atoms with Gasteiger partial charge in [0.1, 0.15) is 0 Å². The van der Waals surface area contributed by atoms with Gasteiger partial charge in [0.05, 0.1) is 18.4 Å². The second-order valence-corrected chi connectivity index (χ2v) is 6.51. The Morgan fingerprint density at radius 1 is 1.50 bits per heavy atom. The molecule has 1 aliphatic heterocycles. The number of aryl methyl sites for hydroxylation is 1. The highest BCUT2D eigenvalue weighted by molar-refractivity contribution is 7.92. The summed E-state index contributed by atoms with van der Waals surface area (Å²) in [6, 6.07) is 5.47. The van der Waals surface area contributed by atoms with Crippen molar-refractivity contribution in [3.8, 4) is 0 Å². The first-order valence-electron chi connectivity index (χ1n) is 5.59. The molecule has 2 rings (SSSR count). The maximum atomic E-state index is 11.8. The highest BCUT2D eigenvalue weighted by atomic mass is 32.2. The third-order valence-corrected chi connectivity index (χ3v) is 4.30. The van der Waals surface area contributed by atoms with E-state index < -0.39 is 16.0 Å². The molecule has 1 aromatic rings. The van der Waals surface area contributed by atoms with Crippen molar-refractivity contribution >= 4 is 21.7 Å². The van der Waals surface area contributed by atoms with E-state index in [-0.39, 0.29) is 18.9 Å². The Balaban J connectivity index is 2.52. The Labute approximate surface area is 106 Å². The molecule has 1 unspecified atom stereocenters. The molecule has 0 fully saturated rings. The van der Waals surface area contributed by atoms with Crippen LogP contribution in [-0.2, 0) is 14.8 Å². The van der Waals surface area contributed by atoms with Crippen LogP contribution >= 0.6 is 0 Å². The highest BCUT2D eigenvalue weighted by Crippen LogP contribution is 2.41. The van der Waals surface area contributed by atoms with E-state index in [0.29, 0.717) is 5.69 Å². The number of anilines is 1. The molecule has 6 heteroatoms. The number of hydrogen-bond acceptors (Lipinski definition) is 3. The van der Waals surface area contributed by atoms with Gasteiger partial charge in [0.2, 0.25) is 10.0 Å². The third kappa shape index (κ3) is 2.20. The normalized spacial score (nSPS) is 18.8. The number of carboxylic acid groups (broad SMARTS) is 1. The van der Waals surface area contributed by atoms with E-state index in [9.17, 15) is 13.2 Å². The number of hydrogen-bond donors (Lipinski definition) is 1. The molecular formula is C12H15NO4S. The van der Waals surface area contributed by atoms with E-state index >= 15 is 0 Å². The second kappa shape index (κ2) is 4.28. The first-order chi connectivity index (χ1) is 8.30. The molecule has 98 valence electrons. The zero-order chi connectivity index (χ0) is 13.5. The molecule has 1 N–H and O–H groups in total. The van der Waals surface area contributed by atoms with Gasteiger partial charge >= 0.3 is 5.97 Å². The average molecular weight is 269 g/mol. The Hall–Kier alpha value is -1.56. The fourth-order valence-electron chi connectivity index (χ4n) is 2.43. The number of carboxylic acids is 1. The molecule has 0 aromatic heterocycles. The smallest absolute Gasteiger partial charge is 0.304 e. The predicted molar refractivity (Wildman–Crippen MR) is 68.4 cm³/mol. The van der Waals surface area contributed by atoms with Gasteiger partial charge in [-0.05, 0) is 18.1 Å². The minimum absolute atomic E-state index is 0.0531. The number of fused-ring (bicyclic) bond motifs is 1. The fraction of sp³-hybridized carbons (Fsp3) is 0.417. The predicted octanol–water partition coefficient (Wildman–Crippen LogP) is 1.33. The van der Waals surface area contributed by atoms with Crippen molar-refractivity contribution in [2.24, 2.45) is 0 Å². The van der Waals surface area contributed by atoms with Crippen LogP contribution in [0.4, 0.5) is 5.69 Å². The monoisotopic (exact) mass is 269 g/mol. The molecule has 18 heavy (non-hydrogen) atoms. The number of aliphatic carboxylic acids is 1. The van der Waals surface area contributed by atoms with E-state index in [1.54, 1.807) is 6.07 Å². The summed E-state index contributed by atoms with van der Waals surface area (Å²) in [7, 11) is -3.37. The van der Waals surface area contributed by atoms with Crippen molar-refractivity contribution in [1.29, 1.82) is 0 Å². The molecule has 0 saturated carbocycles. The first kappa shape index (κ1) is 12.9. The SMILES string of the molecule is Cc1cccc2c1N(S(C)(=O)=O)CC2CC(=O)O. The number of nitrogens with zero attached hydrogens (tertiary/aromatic N) is 1. The number of rotatable bonds is 3. The van der Waals surface area contributed by atoms with Crippen molar-refractivity contribution in [3.63, 3.8) is 0 Å². The van der Waals surface area contributed by atoms with Crippen molar-refractivity contribution < 1.29 is 18.3 Å². The van der Waals surface area contributed by atoms with Crippen molar-refractivity contribution in [3.05, 3.63) is 29.3 Å². The van der Waals surface area contributed by atoms with Gasteiger partial charge in [0.25, 0.3) is 0 Å². The minimum Gasteiger partial charge on any atom is -0.481 e. The molecule has 0 aliphatic carbocycles. The van der Waals surface area contributed by atoms with Crippen LogP contribution in [0.25, 0.3) is 0 Å². The number of sulfonamides is 1. The molecule has 1 aliphatic rings. The number of para-hydroxylation sites is 1. The van der Waals surface area contributed by atoms with Crippen molar-refractivity contribution in [2.45, 2.75) is 19.3 Å². The molecule has 1 heterocycles. The standard InChI is InChI=1S/C12H15NO4S/c1-8-4-3-5-10-9(6-11(14)15)7-13(12(8)10)18(2,16)17/h3-5,9H,6-7H2,1-2H3,(H,14,15). The Bertz CT molecular complexity index is 594. The van der Waals surface area contributed by atoms with Crippen LogP contribution in [0.2, 0.25) is 0 Å². The fourth-order valence-corrected chi connectivity index (χ4v) is 3.46. The van der Waals surface area contributed by atoms with Gasteiger partial charge < -0.3 is 5.11 Å². The highest BCUT2D eigenvalue weighted by Gasteiger charge is 2.35. The molecular weight excluding hydrogens is 254 g/mol. The molecule has 1 aromatic carbocycles. The Morgan fingerprint density at radius 3 is 2.72 bits per heavy atom. The zero-order valence-electron chi connectivity index (χ0n) is 10.3. The zero-order valence-corrected chi connectivity index (χ0v) is 11.1. The van der Waals surface area contributed by atoms with E-state index in [4.69, 9.17) is 5.11 Å². The summed E-state index contributed by atoms with van der Waals surface area (Å²) in [5.74, 6) is -1.19. The van der Waals surface area contributed by atoms with Crippen LogP contribution in [0, 0.1) is 6.92 Å². The summed E-state index contributed by atoms with van der Waals surface area (Å²) in [6.45, 7) is 2.05. The Kier molecular flexibility index (Phi) is 3.06. The second-order valence-electron chi connectivity index (χ2n) is 4.60. The number of carbonyl (C=O) groups is 1. The maximum Gasteiger partial charge on any atom is 0.304 e. The molecule has 0 bridgehead atoms. The summed E-state index contributed by atoms with van der Waals surface area (Å²) in [6.07, 6.45) is 1.09. The van der Waals surface area contributed by atoms with Gasteiger partial charge in [-0.1, -0.05) is 18.2 Å². The molecule has 1 atom stereocenters. The summed E-state index contributed by atoms with van der Waals surface area (Å²) < 4.78 is 24.8. The van der Waals surface area contributed by atoms with E-state index in [0.717, 1.165) is 17.4 Å². The van der Waals surface area contributed by atoms with Gasteiger partial charge in [0, 0.05) is 12.5 Å². The summed E-state index contributed by atoms with van der Waals surface area (Å²) in [5.41, 5.74) is 2.31. The molecule has 5 nitrogen and oxygen atoms in total. The minimum atomic E-state index is -3.37. The van der Waals surface area contributed by atoms with Gasteiger partial charge in [-0.2, -0.15) is 0 Å². The topological polar surface area (TPSA) is 74.7 Å². The average Bonchev–Trinajstić information content (AvgIpc) is 2.57. The van der Waals surface area contributed by atoms with Gasteiger partial charge in [0.15, 0.2) is 0 Å². The molecule has 0 radical (unpaired) electrons. The van der Waals surface area contributed by atoms with Crippen LogP contribution in [0.15, 0.2) is 18.2 Å². The Morgan fingerprint density at radius 2 is 2.17 bits per heavy atom. The van der Waals surface area contributed by atoms with Gasteiger partial charge in [-0.25, -0.2) is 8.42 Å². The largest absolute Gasteiger partial charge is 0.481 e. The van der Waals surface area contributed by atoms with E-state index in [2.05, 4.69) is 0 Å². The van der Waals surface area contributed by atoms with Crippen LogP contribution in [-0.4, -0.2) is 32.3 Å². The van der Waals surface area contributed by atoms with Crippen LogP contribution in [0.3, 0.4) is 0 Å². The van der Waals surface area contributed by atoms with Gasteiger partial charge in [-0.3, -0.25) is 9.10 Å². The lowest BCUT2D eigenvalue weighted by atomic mass is 9.96. The maximum absolute atomic E-state index is 11.8. The summed E-state index contributed by atoms with van der Waals surface area (Å²) >= 11 is 0. The van der Waals surface area contributed by atoms with Gasteiger partial charge in [-0.15, -0.1) is 0 Å². The molecule has 0 amide bonds. The number of benzene rings is 1. The summed E-state index contributed by atoms with van der Waals surface area (Å²) in [4.78, 5) is 10.8. The lowest BCUT2D eigenvalue weighted by Gasteiger charge is -2.18. The van der Waals surface area contributed by atoms with Crippen molar-refractivity contribution in [2.75, 3.05) is 17.1 Å². The summed E-state index contributed by atoms with van der Waals surface area (Å²) in [5, 5.41) is 8.89. The van der Waals surface area contributed by atoms with E-state index in [1.165, 1.54) is 4.31 Å². The lowest BCUT2D eigenvalue weighted by molar-refractivity contribution is -0.137. The molecule has 0 saturated heterocycles. The van der Waals surface area contributed by atoms with Crippen molar-refractivity contribution in [1.82, 2.24) is 0 Å². The van der Waals surface area contributed by atoms with E-state index in [1.807, 2.05) is 19.1 Å². The molecule has 0 spiro atoms. The van der Waals surface area contributed by atoms with Crippen LogP contribution in [0.1, 0.15) is 23.5 Å². The third-order valence-electron chi connectivity index (χ3n) is 3.17. The van der Waals surface area contributed by atoms with Crippen LogP contribution in [0.5, 0.6) is 0 Å². The lowest BCUT2D eigenvalue weighted by Crippen LogP contribution is -2.29. The quantitative estimate of drug-likeness (QED) is 0.898. The first-order valence-corrected chi connectivity index (χ1v) is 7.44. The van der Waals surface area contributed by atoms with Crippen LogP contribution < -0.4 is 4.31 Å².